The van der Waals surface area contributed by atoms with E-state index in [2.05, 4.69) is 0 Å². The van der Waals surface area contributed by atoms with Crippen LogP contribution >= 0.6 is 0 Å². The predicted molar refractivity (Wildman–Crippen MR) is 46.7 cm³/mol. The SMILES string of the molecule is CC(C)[C@@H](CC[C@@H](C)C(=O)[O-])C(=O)[O-]. The van der Waals surface area contributed by atoms with Crippen molar-refractivity contribution < 1.29 is 19.8 Å². The van der Waals surface area contributed by atoms with Crippen LogP contribution in [0, 0.1) is 17.8 Å². The first-order chi connectivity index (χ1) is 6.36. The summed E-state index contributed by atoms with van der Waals surface area (Å²) in [5.41, 5.74) is 0. The van der Waals surface area contributed by atoms with Crippen LogP contribution < -0.4 is 10.2 Å². The Balaban J connectivity index is 4.07. The van der Waals surface area contributed by atoms with Crippen molar-refractivity contribution in [3.05, 3.63) is 0 Å². The Kier molecular flexibility index (Phi) is 5.20. The average Bonchev–Trinajstić information content (AvgIpc) is 2.02. The van der Waals surface area contributed by atoms with E-state index in [4.69, 9.17) is 0 Å². The Morgan fingerprint density at radius 2 is 1.50 bits per heavy atom. The molecule has 0 rings (SSSR count). The van der Waals surface area contributed by atoms with Gasteiger partial charge in [0.2, 0.25) is 0 Å². The van der Waals surface area contributed by atoms with Gasteiger partial charge < -0.3 is 19.8 Å². The smallest absolute Gasteiger partial charge is 0.0447 e. The minimum atomic E-state index is -1.13. The Morgan fingerprint density at radius 1 is 1.00 bits per heavy atom. The van der Waals surface area contributed by atoms with E-state index in [-0.39, 0.29) is 5.92 Å². The molecule has 0 saturated heterocycles. The van der Waals surface area contributed by atoms with Gasteiger partial charge in [0.1, 0.15) is 0 Å². The third-order valence-corrected chi connectivity index (χ3v) is 2.42. The molecular weight excluding hydrogens is 184 g/mol. The molecule has 0 unspecified atom stereocenters. The molecule has 2 atom stereocenters. The average molecular weight is 200 g/mol. The van der Waals surface area contributed by atoms with E-state index < -0.39 is 23.8 Å². The first-order valence-electron chi connectivity index (χ1n) is 4.78. The molecule has 0 aliphatic rings. The Morgan fingerprint density at radius 3 is 1.79 bits per heavy atom. The zero-order valence-corrected chi connectivity index (χ0v) is 8.78. The summed E-state index contributed by atoms with van der Waals surface area (Å²) in [4.78, 5) is 21.0. The monoisotopic (exact) mass is 200 g/mol. The molecule has 4 heteroatoms. The van der Waals surface area contributed by atoms with Crippen molar-refractivity contribution in [3.63, 3.8) is 0 Å². The molecule has 4 nitrogen and oxygen atoms in total. The molecule has 0 aromatic carbocycles. The molecule has 0 fully saturated rings. The van der Waals surface area contributed by atoms with Crippen LogP contribution in [0.1, 0.15) is 33.6 Å². The molecule has 0 bridgehead atoms. The first-order valence-corrected chi connectivity index (χ1v) is 4.78. The van der Waals surface area contributed by atoms with Gasteiger partial charge in [-0.05, 0) is 24.7 Å². The highest BCUT2D eigenvalue weighted by molar-refractivity contribution is 5.69. The Bertz CT molecular complexity index is 210. The second kappa shape index (κ2) is 5.62. The lowest BCUT2D eigenvalue weighted by Gasteiger charge is -2.23. The Hall–Kier alpha value is -1.06. The van der Waals surface area contributed by atoms with Crippen LogP contribution in [0.4, 0.5) is 0 Å². The van der Waals surface area contributed by atoms with Crippen molar-refractivity contribution in [1.29, 1.82) is 0 Å². The van der Waals surface area contributed by atoms with E-state index in [1.54, 1.807) is 13.8 Å². The largest absolute Gasteiger partial charge is 0.550 e. The van der Waals surface area contributed by atoms with Gasteiger partial charge >= 0.3 is 0 Å². The molecule has 0 heterocycles. The highest BCUT2D eigenvalue weighted by Gasteiger charge is 2.16. The lowest BCUT2D eigenvalue weighted by Crippen LogP contribution is -2.36. The molecule has 0 radical (unpaired) electrons. The van der Waals surface area contributed by atoms with Crippen molar-refractivity contribution in [2.24, 2.45) is 17.8 Å². The number of aliphatic carboxylic acids is 2. The van der Waals surface area contributed by atoms with Gasteiger partial charge in [-0.25, -0.2) is 0 Å². The van der Waals surface area contributed by atoms with E-state index in [1.165, 1.54) is 6.92 Å². The molecule has 82 valence electrons. The van der Waals surface area contributed by atoms with Gasteiger partial charge in [0.15, 0.2) is 0 Å². The molecule has 0 aromatic rings. The first kappa shape index (κ1) is 12.9. The van der Waals surface area contributed by atoms with E-state index in [9.17, 15) is 19.8 Å². The topological polar surface area (TPSA) is 80.3 Å². The second-order valence-corrected chi connectivity index (χ2v) is 3.97. The molecular formula is C10H16O4-2. The Labute approximate surface area is 83.9 Å². The summed E-state index contributed by atoms with van der Waals surface area (Å²) in [7, 11) is 0. The number of carboxylic acids is 2. The summed E-state index contributed by atoms with van der Waals surface area (Å²) in [6.07, 6.45) is 0.647. The zero-order valence-electron chi connectivity index (χ0n) is 8.78. The van der Waals surface area contributed by atoms with Gasteiger partial charge in [-0.2, -0.15) is 0 Å². The zero-order chi connectivity index (χ0) is 11.3. The van der Waals surface area contributed by atoms with Crippen molar-refractivity contribution in [2.75, 3.05) is 0 Å². The van der Waals surface area contributed by atoms with Gasteiger partial charge in [0, 0.05) is 17.9 Å². The van der Waals surface area contributed by atoms with Gasteiger partial charge in [-0.1, -0.05) is 20.8 Å². The summed E-state index contributed by atoms with van der Waals surface area (Å²) < 4.78 is 0. The molecule has 0 aliphatic carbocycles. The second-order valence-electron chi connectivity index (χ2n) is 3.97. The number of rotatable bonds is 6. The highest BCUT2D eigenvalue weighted by atomic mass is 16.4. The molecule has 14 heavy (non-hydrogen) atoms. The van der Waals surface area contributed by atoms with Crippen LogP contribution in [0.25, 0.3) is 0 Å². The summed E-state index contributed by atoms with van der Waals surface area (Å²) in [6.45, 7) is 5.08. The molecule has 0 N–H and O–H groups in total. The van der Waals surface area contributed by atoms with Crippen molar-refractivity contribution in [1.82, 2.24) is 0 Å². The third-order valence-electron chi connectivity index (χ3n) is 2.42. The van der Waals surface area contributed by atoms with Crippen LogP contribution in [0.15, 0.2) is 0 Å². The van der Waals surface area contributed by atoms with Crippen molar-refractivity contribution in [2.45, 2.75) is 33.6 Å². The third kappa shape index (κ3) is 4.25. The quantitative estimate of drug-likeness (QED) is 0.560. The van der Waals surface area contributed by atoms with E-state index >= 15 is 0 Å². The normalized spacial score (nSPS) is 15.1. The van der Waals surface area contributed by atoms with E-state index in [0.29, 0.717) is 12.8 Å². The molecule has 0 amide bonds. The molecule has 0 spiro atoms. The van der Waals surface area contributed by atoms with Gasteiger partial charge in [0.05, 0.1) is 0 Å². The van der Waals surface area contributed by atoms with Gasteiger partial charge in [-0.15, -0.1) is 0 Å². The van der Waals surface area contributed by atoms with Crippen LogP contribution in [0.2, 0.25) is 0 Å². The molecule has 0 aromatic heterocycles. The summed E-state index contributed by atoms with van der Waals surface area (Å²) >= 11 is 0. The number of hydrogen-bond acceptors (Lipinski definition) is 4. The van der Waals surface area contributed by atoms with Crippen molar-refractivity contribution >= 4 is 11.9 Å². The summed E-state index contributed by atoms with van der Waals surface area (Å²) in [5.74, 6) is -3.45. The molecule has 0 aliphatic heterocycles. The standard InChI is InChI=1S/C10H18O4/c1-6(2)8(10(13)14)5-4-7(3)9(11)12/h6-8H,4-5H2,1-3H3,(H,11,12)(H,13,14)/p-2/t7-,8-/m1/s1. The maximum absolute atomic E-state index is 10.6. The fourth-order valence-electron chi connectivity index (χ4n) is 1.27. The number of carbonyl (C=O) groups excluding carboxylic acids is 2. The lowest BCUT2D eigenvalue weighted by atomic mass is 9.88. The van der Waals surface area contributed by atoms with Gasteiger partial charge in [0.25, 0.3) is 0 Å². The number of hydrogen-bond donors (Lipinski definition) is 0. The van der Waals surface area contributed by atoms with Crippen LogP contribution in [0.5, 0.6) is 0 Å². The summed E-state index contributed by atoms with van der Waals surface area (Å²) in [6, 6.07) is 0. The fraction of sp³-hybridized carbons (Fsp3) is 0.800. The lowest BCUT2D eigenvalue weighted by molar-refractivity contribution is -0.316. The predicted octanol–water partition coefficient (Wildman–Crippen LogP) is -0.825. The summed E-state index contributed by atoms with van der Waals surface area (Å²) in [5, 5.41) is 21.0. The highest BCUT2D eigenvalue weighted by Crippen LogP contribution is 2.19. The minimum absolute atomic E-state index is 0.0334. The van der Waals surface area contributed by atoms with Gasteiger partial charge in [-0.3, -0.25) is 0 Å². The number of carboxylic acid groups (broad SMARTS) is 2. The van der Waals surface area contributed by atoms with Crippen LogP contribution in [-0.2, 0) is 9.59 Å². The van der Waals surface area contributed by atoms with Crippen LogP contribution in [0.3, 0.4) is 0 Å². The van der Waals surface area contributed by atoms with E-state index in [1.807, 2.05) is 0 Å². The maximum atomic E-state index is 10.6. The number of carbonyl (C=O) groups is 2. The molecule has 0 saturated carbocycles. The minimum Gasteiger partial charge on any atom is -0.550 e. The van der Waals surface area contributed by atoms with Crippen LogP contribution in [-0.4, -0.2) is 11.9 Å². The van der Waals surface area contributed by atoms with E-state index in [0.717, 1.165) is 0 Å². The fourth-order valence-corrected chi connectivity index (χ4v) is 1.27. The maximum Gasteiger partial charge on any atom is 0.0447 e. The van der Waals surface area contributed by atoms with Crippen molar-refractivity contribution in [3.8, 4) is 0 Å².